The lowest BCUT2D eigenvalue weighted by atomic mass is 10.1. The molecule has 7 nitrogen and oxygen atoms in total. The maximum absolute atomic E-state index is 12.2. The summed E-state index contributed by atoms with van der Waals surface area (Å²) >= 11 is 0. The van der Waals surface area contributed by atoms with Crippen LogP contribution in [0, 0.1) is 10.1 Å². The second kappa shape index (κ2) is 5.84. The number of ether oxygens (including phenoxy) is 3. The number of non-ortho nitro benzene ring substituents is 1. The molecule has 3 rings (SSSR count). The number of benzene rings is 2. The highest BCUT2D eigenvalue weighted by molar-refractivity contribution is 5.97. The lowest BCUT2D eigenvalue weighted by Crippen LogP contribution is -2.29. The molecule has 0 saturated carbocycles. The van der Waals surface area contributed by atoms with Gasteiger partial charge in [0.1, 0.15) is 5.75 Å². The summed E-state index contributed by atoms with van der Waals surface area (Å²) in [6, 6.07) is 10.6. The first-order valence-corrected chi connectivity index (χ1v) is 7.27. The van der Waals surface area contributed by atoms with E-state index in [4.69, 9.17) is 14.2 Å². The van der Waals surface area contributed by atoms with E-state index in [1.807, 2.05) is 0 Å². The van der Waals surface area contributed by atoms with Crippen LogP contribution in [0.1, 0.15) is 24.2 Å². The van der Waals surface area contributed by atoms with Gasteiger partial charge in [-0.1, -0.05) is 6.07 Å². The number of nitrogens with zero attached hydrogens (tertiary/aromatic N) is 1. The first-order valence-electron chi connectivity index (χ1n) is 7.27. The third-order valence-corrected chi connectivity index (χ3v) is 3.38. The Morgan fingerprint density at radius 2 is 1.92 bits per heavy atom. The lowest BCUT2D eigenvalue weighted by Gasteiger charge is -2.16. The van der Waals surface area contributed by atoms with Crippen molar-refractivity contribution >= 4 is 11.5 Å². The van der Waals surface area contributed by atoms with Gasteiger partial charge in [0.25, 0.3) is 5.69 Å². The van der Waals surface area contributed by atoms with Crippen molar-refractivity contribution in [2.75, 3.05) is 6.61 Å². The summed E-state index contributed by atoms with van der Waals surface area (Å²) < 4.78 is 16.5. The Morgan fingerprint density at radius 3 is 2.67 bits per heavy atom. The fourth-order valence-electron chi connectivity index (χ4n) is 2.32. The van der Waals surface area contributed by atoms with E-state index in [0.717, 1.165) is 0 Å². The van der Waals surface area contributed by atoms with E-state index in [0.29, 0.717) is 17.1 Å². The first-order chi connectivity index (χ1) is 11.3. The van der Waals surface area contributed by atoms with Gasteiger partial charge >= 0.3 is 0 Å². The van der Waals surface area contributed by atoms with E-state index in [-0.39, 0.29) is 23.8 Å². The predicted octanol–water partition coefficient (Wildman–Crippen LogP) is 3.36. The SMILES string of the molecule is CC1(C)Oc2ccc(C(=O)COc3cccc([N+](=O)[O-])c3)cc2O1. The Hall–Kier alpha value is -3.09. The predicted molar refractivity (Wildman–Crippen MR) is 84.7 cm³/mol. The van der Waals surface area contributed by atoms with Gasteiger partial charge in [0.05, 0.1) is 11.0 Å². The molecule has 1 heterocycles. The van der Waals surface area contributed by atoms with Gasteiger partial charge in [-0.15, -0.1) is 0 Å². The van der Waals surface area contributed by atoms with E-state index < -0.39 is 10.7 Å². The Kier molecular flexibility index (Phi) is 3.84. The molecule has 0 aliphatic carbocycles. The van der Waals surface area contributed by atoms with Gasteiger partial charge < -0.3 is 14.2 Å². The highest BCUT2D eigenvalue weighted by Gasteiger charge is 2.32. The molecule has 0 amide bonds. The number of ketones is 1. The van der Waals surface area contributed by atoms with Gasteiger partial charge in [-0.2, -0.15) is 0 Å². The van der Waals surface area contributed by atoms with Crippen LogP contribution in [0.25, 0.3) is 0 Å². The Labute approximate surface area is 137 Å². The average Bonchev–Trinajstić information content (AvgIpc) is 2.85. The largest absolute Gasteiger partial charge is 0.485 e. The minimum atomic E-state index is -0.760. The Balaban J connectivity index is 1.68. The second-order valence-corrected chi connectivity index (χ2v) is 5.73. The molecule has 7 heteroatoms. The number of Topliss-reactive ketones (excluding diaryl/α,β-unsaturated/α-hetero) is 1. The quantitative estimate of drug-likeness (QED) is 0.475. The number of carbonyl (C=O) groups is 1. The zero-order chi connectivity index (χ0) is 17.3. The second-order valence-electron chi connectivity index (χ2n) is 5.73. The highest BCUT2D eigenvalue weighted by Crippen LogP contribution is 2.39. The third kappa shape index (κ3) is 3.29. The molecule has 2 aromatic carbocycles. The topological polar surface area (TPSA) is 87.9 Å². The number of nitro groups is 1. The van der Waals surface area contributed by atoms with E-state index in [9.17, 15) is 14.9 Å². The summed E-state index contributed by atoms with van der Waals surface area (Å²) in [5, 5.41) is 10.7. The van der Waals surface area contributed by atoms with Crippen LogP contribution in [0.3, 0.4) is 0 Å². The standard InChI is InChI=1S/C17H15NO6/c1-17(2)23-15-7-6-11(8-16(15)24-17)14(19)10-22-13-5-3-4-12(9-13)18(20)21/h3-9H,10H2,1-2H3. The molecule has 0 bridgehead atoms. The van der Waals surface area contributed by atoms with Crippen molar-refractivity contribution in [1.82, 2.24) is 0 Å². The fourth-order valence-corrected chi connectivity index (χ4v) is 2.32. The smallest absolute Gasteiger partial charge is 0.273 e. The van der Waals surface area contributed by atoms with Crippen LogP contribution in [0.5, 0.6) is 17.2 Å². The van der Waals surface area contributed by atoms with Crippen molar-refractivity contribution in [2.24, 2.45) is 0 Å². The zero-order valence-corrected chi connectivity index (χ0v) is 13.1. The molecule has 24 heavy (non-hydrogen) atoms. The number of nitro benzene ring substituents is 1. The molecule has 0 N–H and O–H groups in total. The molecule has 0 unspecified atom stereocenters. The van der Waals surface area contributed by atoms with Gasteiger partial charge in [0.15, 0.2) is 23.9 Å². The molecule has 1 aliphatic rings. The van der Waals surface area contributed by atoms with Crippen LogP contribution < -0.4 is 14.2 Å². The van der Waals surface area contributed by atoms with Crippen molar-refractivity contribution in [3.8, 4) is 17.2 Å². The third-order valence-electron chi connectivity index (χ3n) is 3.38. The molecule has 0 saturated heterocycles. The van der Waals surface area contributed by atoms with Gasteiger partial charge in [0.2, 0.25) is 5.79 Å². The molecular weight excluding hydrogens is 314 g/mol. The van der Waals surface area contributed by atoms with E-state index in [1.165, 1.54) is 18.2 Å². The summed E-state index contributed by atoms with van der Waals surface area (Å²) in [7, 11) is 0. The van der Waals surface area contributed by atoms with Gasteiger partial charge in [-0.3, -0.25) is 14.9 Å². The van der Waals surface area contributed by atoms with E-state index >= 15 is 0 Å². The van der Waals surface area contributed by atoms with Crippen molar-refractivity contribution in [2.45, 2.75) is 19.6 Å². The maximum atomic E-state index is 12.2. The zero-order valence-electron chi connectivity index (χ0n) is 13.1. The van der Waals surface area contributed by atoms with Crippen molar-refractivity contribution < 1.29 is 23.9 Å². The molecule has 2 aromatic rings. The molecule has 1 aliphatic heterocycles. The van der Waals surface area contributed by atoms with Crippen molar-refractivity contribution in [1.29, 1.82) is 0 Å². The molecular formula is C17H15NO6. The monoisotopic (exact) mass is 329 g/mol. The number of hydrogen-bond acceptors (Lipinski definition) is 6. The minimum absolute atomic E-state index is 0.0924. The normalized spacial score (nSPS) is 14.2. The van der Waals surface area contributed by atoms with Gasteiger partial charge in [-0.05, 0) is 24.3 Å². The summed E-state index contributed by atoms with van der Waals surface area (Å²) in [5.41, 5.74) is 0.325. The molecule has 0 radical (unpaired) electrons. The fraction of sp³-hybridized carbons (Fsp3) is 0.235. The number of carbonyl (C=O) groups excluding carboxylic acids is 1. The van der Waals surface area contributed by atoms with Crippen LogP contribution in [-0.2, 0) is 0 Å². The minimum Gasteiger partial charge on any atom is -0.485 e. The Morgan fingerprint density at radius 1 is 1.17 bits per heavy atom. The van der Waals surface area contributed by atoms with Crippen LogP contribution in [0.2, 0.25) is 0 Å². The van der Waals surface area contributed by atoms with E-state index in [1.54, 1.807) is 38.1 Å². The molecule has 0 atom stereocenters. The van der Waals surface area contributed by atoms with E-state index in [2.05, 4.69) is 0 Å². The van der Waals surface area contributed by atoms with Crippen LogP contribution >= 0.6 is 0 Å². The lowest BCUT2D eigenvalue weighted by molar-refractivity contribution is -0.384. The van der Waals surface area contributed by atoms with Gasteiger partial charge in [-0.25, -0.2) is 0 Å². The molecule has 0 spiro atoms. The van der Waals surface area contributed by atoms with Crippen LogP contribution in [0.15, 0.2) is 42.5 Å². The van der Waals surface area contributed by atoms with Crippen LogP contribution in [-0.4, -0.2) is 23.1 Å². The van der Waals surface area contributed by atoms with Crippen molar-refractivity contribution in [3.63, 3.8) is 0 Å². The summed E-state index contributed by atoms with van der Waals surface area (Å²) in [4.78, 5) is 22.5. The number of rotatable bonds is 5. The molecule has 0 aromatic heterocycles. The molecule has 124 valence electrons. The summed E-state index contributed by atoms with van der Waals surface area (Å²) in [6.07, 6.45) is 0. The van der Waals surface area contributed by atoms with Gasteiger partial charge in [0, 0.05) is 25.5 Å². The Bertz CT molecular complexity index is 814. The highest BCUT2D eigenvalue weighted by atomic mass is 16.7. The average molecular weight is 329 g/mol. The number of hydrogen-bond donors (Lipinski definition) is 0. The molecule has 0 fully saturated rings. The summed E-state index contributed by atoms with van der Waals surface area (Å²) in [5.74, 6) is 0.318. The first kappa shape index (κ1) is 15.8. The van der Waals surface area contributed by atoms with Crippen molar-refractivity contribution in [3.05, 3.63) is 58.1 Å². The van der Waals surface area contributed by atoms with Crippen LogP contribution in [0.4, 0.5) is 5.69 Å². The number of fused-ring (bicyclic) bond motifs is 1. The maximum Gasteiger partial charge on any atom is 0.273 e. The summed E-state index contributed by atoms with van der Waals surface area (Å²) in [6.45, 7) is 3.32.